The van der Waals surface area contributed by atoms with E-state index >= 15 is 0 Å². The lowest BCUT2D eigenvalue weighted by atomic mass is 10.0. The highest BCUT2D eigenvalue weighted by atomic mass is 16.5. The van der Waals surface area contributed by atoms with Crippen molar-refractivity contribution in [3.05, 3.63) is 66.0 Å². The number of anilines is 1. The Balaban J connectivity index is 1.75. The Morgan fingerprint density at radius 1 is 1.13 bits per heavy atom. The van der Waals surface area contributed by atoms with Crippen LogP contribution < -0.4 is 10.1 Å². The Labute approximate surface area is 179 Å². The molecule has 8 nitrogen and oxygen atoms in total. The average Bonchev–Trinajstić information content (AvgIpc) is 3.08. The van der Waals surface area contributed by atoms with E-state index in [4.69, 9.17) is 14.5 Å². The maximum atomic E-state index is 13.4. The number of hydrogen-bond donors (Lipinski definition) is 1. The number of nitrogens with zero attached hydrogens (tertiary/aromatic N) is 4. The average molecular weight is 417 g/mol. The van der Waals surface area contributed by atoms with Gasteiger partial charge in [-0.15, -0.1) is 0 Å². The molecule has 3 aromatic heterocycles. The van der Waals surface area contributed by atoms with Gasteiger partial charge < -0.3 is 14.8 Å². The molecular weight excluding hydrogens is 394 g/mol. The van der Waals surface area contributed by atoms with Gasteiger partial charge in [0.05, 0.1) is 28.9 Å². The summed E-state index contributed by atoms with van der Waals surface area (Å²) >= 11 is 0. The molecule has 0 fully saturated rings. The molecule has 0 saturated heterocycles. The molecule has 158 valence electrons. The topological polar surface area (TPSA) is 91.2 Å². The summed E-state index contributed by atoms with van der Waals surface area (Å²) in [6.45, 7) is 2.62. The molecular formula is C23H23N5O3. The maximum Gasteiger partial charge on any atom is 0.256 e. The van der Waals surface area contributed by atoms with Gasteiger partial charge in [-0.25, -0.2) is 9.97 Å². The zero-order valence-corrected chi connectivity index (χ0v) is 17.6. The van der Waals surface area contributed by atoms with E-state index < -0.39 is 0 Å². The monoisotopic (exact) mass is 417 g/mol. The van der Waals surface area contributed by atoms with Gasteiger partial charge in [-0.3, -0.25) is 9.48 Å². The molecule has 0 saturated carbocycles. The molecule has 4 rings (SSSR count). The van der Waals surface area contributed by atoms with Crippen LogP contribution in [0.2, 0.25) is 0 Å². The number of hydrogen-bond acceptors (Lipinski definition) is 6. The fourth-order valence-corrected chi connectivity index (χ4v) is 3.39. The number of aromatic nitrogens is 4. The van der Waals surface area contributed by atoms with Crippen LogP contribution in [-0.2, 0) is 11.8 Å². The normalized spacial score (nSPS) is 10.9. The van der Waals surface area contributed by atoms with E-state index in [-0.39, 0.29) is 5.91 Å². The highest BCUT2D eigenvalue weighted by Crippen LogP contribution is 2.28. The largest absolute Gasteiger partial charge is 0.474 e. The number of amides is 1. The smallest absolute Gasteiger partial charge is 0.256 e. The first-order chi connectivity index (χ1) is 15.1. The number of methoxy groups -OCH3 is 1. The van der Waals surface area contributed by atoms with Gasteiger partial charge in [0.15, 0.2) is 5.65 Å². The first-order valence-electron chi connectivity index (χ1n) is 9.86. The second-order valence-electron chi connectivity index (χ2n) is 6.98. The third-order valence-electron chi connectivity index (χ3n) is 4.83. The fourth-order valence-electron chi connectivity index (χ4n) is 3.39. The number of ether oxygens (including phenoxy) is 2. The third-order valence-corrected chi connectivity index (χ3v) is 4.83. The number of aryl methyl sites for hydroxylation is 2. The standard InChI is InChI=1S/C23H23N5O3/c1-15-20-17(22(29)26-18-10-7-11-24-23(18)31-13-12-30-3)14-19(16-8-5-4-6-9-16)25-21(20)28(2)27-15/h4-11,14H,12-13H2,1-3H3,(H,26,29). The van der Waals surface area contributed by atoms with Crippen molar-refractivity contribution in [1.29, 1.82) is 0 Å². The van der Waals surface area contributed by atoms with Crippen LogP contribution in [0.25, 0.3) is 22.3 Å². The number of nitrogens with one attached hydrogen (secondary N) is 1. The quantitative estimate of drug-likeness (QED) is 0.462. The van der Waals surface area contributed by atoms with Crippen LogP contribution in [0.4, 0.5) is 5.69 Å². The summed E-state index contributed by atoms with van der Waals surface area (Å²) in [5, 5.41) is 8.11. The molecule has 4 aromatic rings. The summed E-state index contributed by atoms with van der Waals surface area (Å²) in [7, 11) is 3.42. The molecule has 1 aromatic carbocycles. The number of pyridine rings is 2. The number of rotatable bonds is 7. The summed E-state index contributed by atoms with van der Waals surface area (Å²) in [5.41, 5.74) is 3.97. The third kappa shape index (κ3) is 4.24. The number of benzene rings is 1. The molecule has 8 heteroatoms. The van der Waals surface area contributed by atoms with Crippen molar-refractivity contribution in [2.24, 2.45) is 7.05 Å². The van der Waals surface area contributed by atoms with E-state index in [1.165, 1.54) is 0 Å². The van der Waals surface area contributed by atoms with Crippen molar-refractivity contribution in [1.82, 2.24) is 19.7 Å². The van der Waals surface area contributed by atoms with Gasteiger partial charge in [0.2, 0.25) is 5.88 Å². The van der Waals surface area contributed by atoms with Crippen LogP contribution in [0, 0.1) is 6.92 Å². The SMILES string of the molecule is COCCOc1ncccc1NC(=O)c1cc(-c2ccccc2)nc2c1c(C)nn2C. The van der Waals surface area contributed by atoms with Crippen molar-refractivity contribution < 1.29 is 14.3 Å². The predicted molar refractivity (Wildman–Crippen MR) is 118 cm³/mol. The maximum absolute atomic E-state index is 13.4. The molecule has 0 radical (unpaired) electrons. The minimum absolute atomic E-state index is 0.287. The zero-order chi connectivity index (χ0) is 21.8. The van der Waals surface area contributed by atoms with E-state index in [2.05, 4.69) is 15.4 Å². The van der Waals surface area contributed by atoms with E-state index in [0.717, 1.165) is 11.3 Å². The molecule has 1 amide bonds. The Bertz CT molecular complexity index is 1220. The first-order valence-corrected chi connectivity index (χ1v) is 9.86. The van der Waals surface area contributed by atoms with Crippen molar-refractivity contribution >= 4 is 22.6 Å². The van der Waals surface area contributed by atoms with E-state index in [1.54, 1.807) is 36.2 Å². The van der Waals surface area contributed by atoms with Crippen LogP contribution >= 0.6 is 0 Å². The van der Waals surface area contributed by atoms with Crippen molar-refractivity contribution in [3.8, 4) is 17.1 Å². The van der Waals surface area contributed by atoms with E-state index in [1.807, 2.05) is 44.3 Å². The van der Waals surface area contributed by atoms with Crippen molar-refractivity contribution in [2.75, 3.05) is 25.6 Å². The highest BCUT2D eigenvalue weighted by Gasteiger charge is 2.20. The van der Waals surface area contributed by atoms with Crippen LogP contribution in [0.1, 0.15) is 16.1 Å². The molecule has 0 aliphatic rings. The zero-order valence-electron chi connectivity index (χ0n) is 17.6. The molecule has 0 unspecified atom stereocenters. The fraction of sp³-hybridized carbons (Fsp3) is 0.217. The second kappa shape index (κ2) is 8.93. The lowest BCUT2D eigenvalue weighted by Crippen LogP contribution is -2.15. The van der Waals surface area contributed by atoms with Gasteiger partial charge in [0.1, 0.15) is 12.3 Å². The number of carbonyl (C=O) groups is 1. The van der Waals surface area contributed by atoms with Gasteiger partial charge in [-0.05, 0) is 25.1 Å². The molecule has 31 heavy (non-hydrogen) atoms. The number of fused-ring (bicyclic) bond motifs is 1. The van der Waals surface area contributed by atoms with Crippen LogP contribution in [-0.4, -0.2) is 46.0 Å². The summed E-state index contributed by atoms with van der Waals surface area (Å²) < 4.78 is 12.4. The second-order valence-corrected chi connectivity index (χ2v) is 6.98. The number of carbonyl (C=O) groups excluding carboxylic acids is 1. The van der Waals surface area contributed by atoms with Crippen molar-refractivity contribution in [2.45, 2.75) is 6.92 Å². The van der Waals surface area contributed by atoms with Gasteiger partial charge in [0.25, 0.3) is 5.91 Å². The van der Waals surface area contributed by atoms with E-state index in [0.29, 0.717) is 47.1 Å². The lowest BCUT2D eigenvalue weighted by molar-refractivity contribution is 0.102. The van der Waals surface area contributed by atoms with Crippen molar-refractivity contribution in [3.63, 3.8) is 0 Å². The van der Waals surface area contributed by atoms with Crippen LogP contribution in [0.5, 0.6) is 5.88 Å². The highest BCUT2D eigenvalue weighted by molar-refractivity contribution is 6.13. The summed E-state index contributed by atoms with van der Waals surface area (Å²) in [4.78, 5) is 22.3. The van der Waals surface area contributed by atoms with Gasteiger partial charge in [-0.1, -0.05) is 30.3 Å². The lowest BCUT2D eigenvalue weighted by Gasteiger charge is -2.12. The van der Waals surface area contributed by atoms with Crippen LogP contribution in [0.3, 0.4) is 0 Å². The van der Waals surface area contributed by atoms with E-state index in [9.17, 15) is 4.79 Å². The minimum atomic E-state index is -0.287. The van der Waals surface area contributed by atoms with Gasteiger partial charge in [0, 0.05) is 25.9 Å². The molecule has 0 spiro atoms. The van der Waals surface area contributed by atoms with Crippen LogP contribution in [0.15, 0.2) is 54.7 Å². The summed E-state index contributed by atoms with van der Waals surface area (Å²) in [5.74, 6) is 0.0506. The predicted octanol–water partition coefficient (Wildman–Crippen LogP) is 3.62. The van der Waals surface area contributed by atoms with Gasteiger partial charge in [-0.2, -0.15) is 5.10 Å². The minimum Gasteiger partial charge on any atom is -0.474 e. The summed E-state index contributed by atoms with van der Waals surface area (Å²) in [6.07, 6.45) is 1.61. The molecule has 3 heterocycles. The Hall–Kier alpha value is -3.78. The Kier molecular flexibility index (Phi) is 5.90. The molecule has 0 bridgehead atoms. The molecule has 0 aliphatic carbocycles. The summed E-state index contributed by atoms with van der Waals surface area (Å²) in [6, 6.07) is 15.0. The molecule has 1 N–H and O–H groups in total. The molecule has 0 atom stereocenters. The molecule has 0 aliphatic heterocycles. The Morgan fingerprint density at radius 2 is 1.94 bits per heavy atom. The van der Waals surface area contributed by atoms with Gasteiger partial charge >= 0.3 is 0 Å². The Morgan fingerprint density at radius 3 is 2.71 bits per heavy atom. The first kappa shape index (κ1) is 20.5.